The Morgan fingerprint density at radius 1 is 1.30 bits per heavy atom. The van der Waals surface area contributed by atoms with Gasteiger partial charge < -0.3 is 15.2 Å². The van der Waals surface area contributed by atoms with Gasteiger partial charge in [0.25, 0.3) is 0 Å². The standard InChI is InChI=1S/C17H15Cl2N5O3/c1-8(2)14-13(25)7-20-16(23-14)27-15-11(18)4-10(5-12(15)19)24-17(26)22-9(3)6-21-24/h4-8,25H,3H2,1-2H3,(H,22,26). The van der Waals surface area contributed by atoms with E-state index in [2.05, 4.69) is 27.0 Å². The molecule has 0 unspecified atom stereocenters. The lowest BCUT2D eigenvalue weighted by atomic mass is 10.1. The maximum absolute atomic E-state index is 12.0. The average molecular weight is 408 g/mol. The molecule has 2 aromatic rings. The van der Waals surface area contributed by atoms with Gasteiger partial charge in [-0.3, -0.25) is 0 Å². The predicted octanol–water partition coefficient (Wildman–Crippen LogP) is 4.43. The summed E-state index contributed by atoms with van der Waals surface area (Å²) in [6.45, 7) is 7.35. The van der Waals surface area contributed by atoms with Crippen LogP contribution in [0, 0.1) is 0 Å². The minimum atomic E-state index is -0.494. The SMILES string of the molecule is C=C1C=NN(c2cc(Cl)c(Oc3ncc(O)c(C(C)C)n3)c(Cl)c2)C(=O)N1. The highest BCUT2D eigenvalue weighted by Crippen LogP contribution is 2.39. The molecule has 0 saturated carbocycles. The van der Waals surface area contributed by atoms with Gasteiger partial charge >= 0.3 is 12.0 Å². The number of benzene rings is 1. The number of hydrazone groups is 1. The molecule has 1 aromatic carbocycles. The summed E-state index contributed by atoms with van der Waals surface area (Å²) in [6.07, 6.45) is 2.64. The molecule has 1 aromatic heterocycles. The van der Waals surface area contributed by atoms with Crippen molar-refractivity contribution in [3.8, 4) is 17.5 Å². The number of carbonyl (C=O) groups excluding carboxylic acids is 1. The molecular formula is C17H15Cl2N5O3. The summed E-state index contributed by atoms with van der Waals surface area (Å²) >= 11 is 12.5. The molecule has 0 saturated heterocycles. The van der Waals surface area contributed by atoms with Crippen LogP contribution in [0.3, 0.4) is 0 Å². The van der Waals surface area contributed by atoms with Crippen LogP contribution in [0.2, 0.25) is 10.0 Å². The second-order valence-electron chi connectivity index (χ2n) is 5.93. The molecule has 27 heavy (non-hydrogen) atoms. The number of ether oxygens (including phenoxy) is 1. The Hall–Kier alpha value is -2.84. The number of hydrogen-bond donors (Lipinski definition) is 2. The van der Waals surface area contributed by atoms with Gasteiger partial charge in [-0.1, -0.05) is 43.6 Å². The van der Waals surface area contributed by atoms with E-state index in [0.29, 0.717) is 17.1 Å². The van der Waals surface area contributed by atoms with Crippen LogP contribution < -0.4 is 15.1 Å². The number of nitrogens with zero attached hydrogens (tertiary/aromatic N) is 4. The Labute approximate surface area is 165 Å². The summed E-state index contributed by atoms with van der Waals surface area (Å²) in [5.74, 6) is 0.0580. The Kier molecular flexibility index (Phi) is 5.20. The Morgan fingerprint density at radius 3 is 2.56 bits per heavy atom. The number of carbonyl (C=O) groups is 1. The molecule has 2 N–H and O–H groups in total. The molecule has 2 amide bonds. The number of amides is 2. The lowest BCUT2D eigenvalue weighted by Gasteiger charge is -2.22. The van der Waals surface area contributed by atoms with Crippen LogP contribution in [0.5, 0.6) is 17.5 Å². The monoisotopic (exact) mass is 407 g/mol. The smallest absolute Gasteiger partial charge is 0.347 e. The van der Waals surface area contributed by atoms with Crippen molar-refractivity contribution in [2.24, 2.45) is 5.10 Å². The second-order valence-corrected chi connectivity index (χ2v) is 6.74. The highest BCUT2D eigenvalue weighted by molar-refractivity contribution is 6.37. The fourth-order valence-corrected chi connectivity index (χ4v) is 2.84. The lowest BCUT2D eigenvalue weighted by Crippen LogP contribution is -2.40. The van der Waals surface area contributed by atoms with Crippen molar-refractivity contribution >= 4 is 41.1 Å². The van der Waals surface area contributed by atoms with E-state index in [1.165, 1.54) is 24.5 Å². The van der Waals surface area contributed by atoms with E-state index in [9.17, 15) is 9.90 Å². The van der Waals surface area contributed by atoms with E-state index in [0.717, 1.165) is 5.01 Å². The summed E-state index contributed by atoms with van der Waals surface area (Å²) < 4.78 is 5.60. The van der Waals surface area contributed by atoms with Gasteiger partial charge in [0.15, 0.2) is 11.5 Å². The van der Waals surface area contributed by atoms with Crippen LogP contribution in [0.15, 0.2) is 35.7 Å². The topological polar surface area (TPSA) is 99.9 Å². The predicted molar refractivity (Wildman–Crippen MR) is 103 cm³/mol. The van der Waals surface area contributed by atoms with E-state index in [1.807, 2.05) is 13.8 Å². The Morgan fingerprint density at radius 2 is 1.96 bits per heavy atom. The third kappa shape index (κ3) is 3.96. The molecule has 1 aliphatic heterocycles. The highest BCUT2D eigenvalue weighted by atomic mass is 35.5. The molecule has 0 fully saturated rings. The number of allylic oxidation sites excluding steroid dienone is 1. The van der Waals surface area contributed by atoms with Gasteiger partial charge in [0.1, 0.15) is 0 Å². The maximum atomic E-state index is 12.0. The van der Waals surface area contributed by atoms with Crippen LogP contribution in [0.25, 0.3) is 0 Å². The van der Waals surface area contributed by atoms with Gasteiger partial charge in [-0.2, -0.15) is 20.1 Å². The highest BCUT2D eigenvalue weighted by Gasteiger charge is 2.22. The fraction of sp³-hybridized carbons (Fsp3) is 0.176. The minimum absolute atomic E-state index is 0.0157. The van der Waals surface area contributed by atoms with Crippen LogP contribution in [-0.2, 0) is 0 Å². The number of nitrogens with one attached hydrogen (secondary N) is 1. The van der Waals surface area contributed by atoms with Gasteiger partial charge in [0.05, 0.1) is 39.5 Å². The summed E-state index contributed by atoms with van der Waals surface area (Å²) in [4.78, 5) is 20.1. The first kappa shape index (κ1) is 18.9. The number of rotatable bonds is 4. The fourth-order valence-electron chi connectivity index (χ4n) is 2.29. The van der Waals surface area contributed by atoms with Crippen molar-refractivity contribution in [1.82, 2.24) is 15.3 Å². The number of hydrogen-bond acceptors (Lipinski definition) is 6. The van der Waals surface area contributed by atoms with Crippen molar-refractivity contribution in [2.45, 2.75) is 19.8 Å². The largest absolute Gasteiger partial charge is 0.504 e. The molecule has 140 valence electrons. The molecule has 0 atom stereocenters. The normalized spacial score (nSPS) is 13.9. The molecular weight excluding hydrogens is 393 g/mol. The van der Waals surface area contributed by atoms with E-state index >= 15 is 0 Å². The number of aromatic hydroxyl groups is 1. The van der Waals surface area contributed by atoms with Crippen LogP contribution in [0.1, 0.15) is 25.5 Å². The zero-order valence-corrected chi connectivity index (χ0v) is 15.9. The summed E-state index contributed by atoms with van der Waals surface area (Å²) in [7, 11) is 0. The van der Waals surface area contributed by atoms with Gasteiger partial charge in [0, 0.05) is 0 Å². The third-order valence-corrected chi connectivity index (χ3v) is 4.09. The summed E-state index contributed by atoms with van der Waals surface area (Å²) in [5.41, 5.74) is 1.15. The Bertz CT molecular complexity index is 939. The Balaban J connectivity index is 1.92. The first-order chi connectivity index (χ1) is 12.8. The first-order valence-electron chi connectivity index (χ1n) is 7.83. The van der Waals surface area contributed by atoms with Crippen LogP contribution in [-0.4, -0.2) is 27.3 Å². The molecule has 1 aliphatic rings. The molecule has 0 aliphatic carbocycles. The quantitative estimate of drug-likeness (QED) is 0.780. The third-order valence-electron chi connectivity index (χ3n) is 3.53. The second kappa shape index (κ2) is 7.42. The number of urea groups is 1. The van der Waals surface area contributed by atoms with Crippen LogP contribution >= 0.6 is 23.2 Å². The van der Waals surface area contributed by atoms with E-state index in [-0.39, 0.29) is 33.5 Å². The maximum Gasteiger partial charge on any atom is 0.347 e. The van der Waals surface area contributed by atoms with E-state index in [4.69, 9.17) is 27.9 Å². The van der Waals surface area contributed by atoms with E-state index < -0.39 is 6.03 Å². The zero-order chi connectivity index (χ0) is 19.7. The van der Waals surface area contributed by atoms with Crippen molar-refractivity contribution < 1.29 is 14.6 Å². The van der Waals surface area contributed by atoms with Crippen molar-refractivity contribution in [2.75, 3.05) is 5.01 Å². The molecule has 3 rings (SSSR count). The van der Waals surface area contributed by atoms with Gasteiger partial charge in [-0.25, -0.2) is 4.79 Å². The lowest BCUT2D eigenvalue weighted by molar-refractivity contribution is 0.248. The van der Waals surface area contributed by atoms with Crippen molar-refractivity contribution in [3.63, 3.8) is 0 Å². The first-order valence-corrected chi connectivity index (χ1v) is 8.58. The zero-order valence-electron chi connectivity index (χ0n) is 14.4. The average Bonchev–Trinajstić information content (AvgIpc) is 2.59. The van der Waals surface area contributed by atoms with Crippen molar-refractivity contribution in [3.05, 3.63) is 46.3 Å². The number of aromatic nitrogens is 2. The molecule has 8 nitrogen and oxygen atoms in total. The summed E-state index contributed by atoms with van der Waals surface area (Å²) in [5, 5.41) is 17.7. The molecule has 0 spiro atoms. The molecule has 10 heteroatoms. The summed E-state index contributed by atoms with van der Waals surface area (Å²) in [6, 6.07) is 2.43. The molecule has 2 heterocycles. The van der Waals surface area contributed by atoms with Crippen molar-refractivity contribution in [1.29, 1.82) is 0 Å². The minimum Gasteiger partial charge on any atom is -0.504 e. The van der Waals surface area contributed by atoms with Gasteiger partial charge in [-0.05, 0) is 18.1 Å². The number of anilines is 1. The molecule has 0 radical (unpaired) electrons. The van der Waals surface area contributed by atoms with Crippen LogP contribution in [0.4, 0.5) is 10.5 Å². The van der Waals surface area contributed by atoms with Gasteiger partial charge in [0.2, 0.25) is 0 Å². The van der Waals surface area contributed by atoms with Gasteiger partial charge in [-0.15, -0.1) is 0 Å². The number of halogens is 2. The van der Waals surface area contributed by atoms with E-state index in [1.54, 1.807) is 0 Å². The molecule has 0 bridgehead atoms.